The standard InChI is InChI=1S/C12H14F2N4/c1-2-3-18-12(16-8-17-18)7-15-11-5-9(13)4-10(14)6-11/h4-6,8,15H,2-3,7H2,1H3. The van der Waals surface area contributed by atoms with E-state index in [1.54, 1.807) is 4.68 Å². The third kappa shape index (κ3) is 3.03. The Morgan fingerprint density at radius 2 is 1.94 bits per heavy atom. The molecule has 0 bridgehead atoms. The molecule has 0 saturated heterocycles. The second kappa shape index (κ2) is 5.57. The number of halogens is 2. The van der Waals surface area contributed by atoms with Crippen LogP contribution < -0.4 is 5.32 Å². The normalized spacial score (nSPS) is 10.6. The van der Waals surface area contributed by atoms with Crippen LogP contribution in [-0.2, 0) is 13.1 Å². The number of hydrogen-bond acceptors (Lipinski definition) is 3. The van der Waals surface area contributed by atoms with E-state index in [-0.39, 0.29) is 0 Å². The molecule has 0 amide bonds. The molecule has 1 aromatic heterocycles. The number of benzene rings is 1. The van der Waals surface area contributed by atoms with Crippen LogP contribution >= 0.6 is 0 Å². The Hall–Kier alpha value is -1.98. The van der Waals surface area contributed by atoms with Gasteiger partial charge in [-0.15, -0.1) is 0 Å². The van der Waals surface area contributed by atoms with Crippen molar-refractivity contribution in [3.63, 3.8) is 0 Å². The molecule has 1 heterocycles. The van der Waals surface area contributed by atoms with Crippen LogP contribution in [0.5, 0.6) is 0 Å². The molecule has 96 valence electrons. The smallest absolute Gasteiger partial charge is 0.146 e. The van der Waals surface area contributed by atoms with Gasteiger partial charge in [0.15, 0.2) is 0 Å². The molecule has 0 spiro atoms. The van der Waals surface area contributed by atoms with Crippen molar-refractivity contribution in [2.75, 3.05) is 5.32 Å². The van der Waals surface area contributed by atoms with Crippen LogP contribution in [0.3, 0.4) is 0 Å². The van der Waals surface area contributed by atoms with Gasteiger partial charge in [-0.05, 0) is 18.6 Å². The summed E-state index contributed by atoms with van der Waals surface area (Å²) in [5.74, 6) is -0.471. The van der Waals surface area contributed by atoms with Crippen molar-refractivity contribution in [2.24, 2.45) is 0 Å². The van der Waals surface area contributed by atoms with E-state index >= 15 is 0 Å². The Morgan fingerprint density at radius 3 is 2.61 bits per heavy atom. The topological polar surface area (TPSA) is 42.7 Å². The van der Waals surface area contributed by atoms with E-state index in [9.17, 15) is 8.78 Å². The molecule has 0 unspecified atom stereocenters. The molecule has 18 heavy (non-hydrogen) atoms. The highest BCUT2D eigenvalue weighted by Gasteiger charge is 2.04. The van der Waals surface area contributed by atoms with Crippen LogP contribution in [0.15, 0.2) is 24.5 Å². The van der Waals surface area contributed by atoms with Crippen molar-refractivity contribution in [2.45, 2.75) is 26.4 Å². The van der Waals surface area contributed by atoms with Crippen molar-refractivity contribution >= 4 is 5.69 Å². The lowest BCUT2D eigenvalue weighted by Gasteiger charge is -2.07. The molecule has 0 saturated carbocycles. The molecular weight excluding hydrogens is 238 g/mol. The summed E-state index contributed by atoms with van der Waals surface area (Å²) in [4.78, 5) is 4.10. The molecular formula is C12H14F2N4. The van der Waals surface area contributed by atoms with Gasteiger partial charge in [-0.3, -0.25) is 0 Å². The average Bonchev–Trinajstić information content (AvgIpc) is 2.73. The van der Waals surface area contributed by atoms with E-state index in [1.807, 2.05) is 6.92 Å². The van der Waals surface area contributed by atoms with E-state index in [2.05, 4.69) is 15.4 Å². The number of nitrogens with one attached hydrogen (secondary N) is 1. The summed E-state index contributed by atoms with van der Waals surface area (Å²) >= 11 is 0. The Balaban J connectivity index is 2.04. The molecule has 0 atom stereocenters. The predicted octanol–water partition coefficient (Wildman–Crippen LogP) is 2.58. The zero-order valence-electron chi connectivity index (χ0n) is 10.0. The summed E-state index contributed by atoms with van der Waals surface area (Å²) in [7, 11) is 0. The van der Waals surface area contributed by atoms with E-state index in [0.29, 0.717) is 12.2 Å². The minimum Gasteiger partial charge on any atom is -0.378 e. The summed E-state index contributed by atoms with van der Waals surface area (Å²) < 4.78 is 27.7. The maximum absolute atomic E-state index is 13.0. The molecule has 1 N–H and O–H groups in total. The highest BCUT2D eigenvalue weighted by atomic mass is 19.1. The number of aromatic nitrogens is 3. The van der Waals surface area contributed by atoms with Crippen molar-refractivity contribution in [3.8, 4) is 0 Å². The van der Waals surface area contributed by atoms with E-state index < -0.39 is 11.6 Å². The predicted molar refractivity (Wildman–Crippen MR) is 64.0 cm³/mol. The number of nitrogens with zero attached hydrogens (tertiary/aromatic N) is 3. The largest absolute Gasteiger partial charge is 0.378 e. The Labute approximate surface area is 104 Å². The van der Waals surface area contributed by atoms with Gasteiger partial charge in [0.25, 0.3) is 0 Å². The van der Waals surface area contributed by atoms with Crippen LogP contribution in [0.2, 0.25) is 0 Å². The van der Waals surface area contributed by atoms with Crippen LogP contribution in [-0.4, -0.2) is 14.8 Å². The Bertz CT molecular complexity index is 504. The van der Waals surface area contributed by atoms with Gasteiger partial charge >= 0.3 is 0 Å². The van der Waals surface area contributed by atoms with Gasteiger partial charge in [-0.25, -0.2) is 18.4 Å². The Kier molecular flexibility index (Phi) is 3.86. The summed E-state index contributed by atoms with van der Waals surface area (Å²) in [5, 5.41) is 6.99. The maximum atomic E-state index is 13.0. The van der Waals surface area contributed by atoms with Crippen molar-refractivity contribution in [1.29, 1.82) is 0 Å². The lowest BCUT2D eigenvalue weighted by molar-refractivity contribution is 0.572. The second-order valence-corrected chi connectivity index (χ2v) is 3.91. The zero-order chi connectivity index (χ0) is 13.0. The van der Waals surface area contributed by atoms with Gasteiger partial charge in [0.05, 0.1) is 6.54 Å². The van der Waals surface area contributed by atoms with Gasteiger partial charge in [0, 0.05) is 18.3 Å². The third-order valence-electron chi connectivity index (χ3n) is 2.44. The van der Waals surface area contributed by atoms with E-state index in [0.717, 1.165) is 24.9 Å². The quantitative estimate of drug-likeness (QED) is 0.889. The van der Waals surface area contributed by atoms with Gasteiger partial charge in [0.1, 0.15) is 23.8 Å². The van der Waals surface area contributed by atoms with Crippen molar-refractivity contribution in [1.82, 2.24) is 14.8 Å². The number of rotatable bonds is 5. The molecule has 6 heteroatoms. The van der Waals surface area contributed by atoms with E-state index in [4.69, 9.17) is 0 Å². The summed E-state index contributed by atoms with van der Waals surface area (Å²) in [6, 6.07) is 3.32. The highest BCUT2D eigenvalue weighted by Crippen LogP contribution is 2.13. The first-order valence-electron chi connectivity index (χ1n) is 5.75. The number of anilines is 1. The molecule has 2 rings (SSSR count). The first-order valence-corrected chi connectivity index (χ1v) is 5.75. The van der Waals surface area contributed by atoms with Gasteiger partial charge in [-0.1, -0.05) is 6.92 Å². The molecule has 0 aliphatic carbocycles. The first kappa shape index (κ1) is 12.5. The van der Waals surface area contributed by atoms with Crippen LogP contribution in [0, 0.1) is 11.6 Å². The average molecular weight is 252 g/mol. The first-order chi connectivity index (χ1) is 8.69. The highest BCUT2D eigenvalue weighted by molar-refractivity contribution is 5.43. The van der Waals surface area contributed by atoms with Gasteiger partial charge < -0.3 is 5.32 Å². The Morgan fingerprint density at radius 1 is 1.22 bits per heavy atom. The molecule has 0 fully saturated rings. The second-order valence-electron chi connectivity index (χ2n) is 3.91. The van der Waals surface area contributed by atoms with Crippen LogP contribution in [0.1, 0.15) is 19.2 Å². The van der Waals surface area contributed by atoms with Crippen LogP contribution in [0.4, 0.5) is 14.5 Å². The van der Waals surface area contributed by atoms with Crippen molar-refractivity contribution < 1.29 is 8.78 Å². The fraction of sp³-hybridized carbons (Fsp3) is 0.333. The fourth-order valence-electron chi connectivity index (χ4n) is 1.66. The van der Waals surface area contributed by atoms with Gasteiger partial charge in [-0.2, -0.15) is 5.10 Å². The summed E-state index contributed by atoms with van der Waals surface area (Å²) in [6.45, 7) is 3.19. The molecule has 0 aliphatic rings. The minimum atomic E-state index is -0.604. The van der Waals surface area contributed by atoms with Crippen molar-refractivity contribution in [3.05, 3.63) is 42.0 Å². The molecule has 0 radical (unpaired) electrons. The zero-order valence-corrected chi connectivity index (χ0v) is 10.0. The molecule has 0 aliphatic heterocycles. The maximum Gasteiger partial charge on any atom is 0.146 e. The monoisotopic (exact) mass is 252 g/mol. The van der Waals surface area contributed by atoms with Crippen LogP contribution in [0.25, 0.3) is 0 Å². The summed E-state index contributed by atoms with van der Waals surface area (Å²) in [6.07, 6.45) is 2.42. The third-order valence-corrected chi connectivity index (χ3v) is 2.44. The number of aryl methyl sites for hydroxylation is 1. The molecule has 2 aromatic rings. The molecule has 1 aromatic carbocycles. The van der Waals surface area contributed by atoms with E-state index in [1.165, 1.54) is 18.5 Å². The molecule has 4 nitrogen and oxygen atoms in total. The minimum absolute atomic E-state index is 0.378. The lowest BCUT2D eigenvalue weighted by Crippen LogP contribution is -2.10. The lowest BCUT2D eigenvalue weighted by atomic mass is 10.3. The fourth-order valence-corrected chi connectivity index (χ4v) is 1.66. The SMILES string of the molecule is CCCn1ncnc1CNc1cc(F)cc(F)c1. The summed E-state index contributed by atoms with van der Waals surface area (Å²) in [5.41, 5.74) is 0.388. The van der Waals surface area contributed by atoms with Gasteiger partial charge in [0.2, 0.25) is 0 Å². The number of hydrogen-bond donors (Lipinski definition) is 1.